The number of nitrogens with one attached hydrogen (secondary N) is 1. The van der Waals surface area contributed by atoms with E-state index in [4.69, 9.17) is 14.1 Å². The largest absolute Gasteiger partial charge is 0.547 e. The molecule has 11 heteroatoms. The van der Waals surface area contributed by atoms with Gasteiger partial charge in [0, 0.05) is 12.8 Å². The molecule has 2 rings (SSSR count). The smallest absolute Gasteiger partial charge is 0.534 e. The first kappa shape index (κ1) is 23.6. The minimum Gasteiger partial charge on any atom is -0.534 e. The van der Waals surface area contributed by atoms with E-state index in [-0.39, 0.29) is 24.2 Å². The lowest BCUT2D eigenvalue weighted by atomic mass is 9.72. The van der Waals surface area contributed by atoms with Gasteiger partial charge in [0.1, 0.15) is 11.3 Å². The number of para-hydroxylation sites is 1. The fraction of sp³-hybridized carbons (Fsp3) is 0.526. The summed E-state index contributed by atoms with van der Waals surface area (Å²) in [6, 6.07) is 4.47. The first-order valence-electron chi connectivity index (χ1n) is 9.67. The standard InChI is InChI=1S/C19H24BF2NO7/c1-3-5-9-15(24)28-11-29-17(25)13-8-6-7-12-10-14(20(27)30-16(12)13)23-18(26)19(21,22)4-2/h6-8,14,27H,3-5,9-11H2,1-2H3,(H,23,26)/t14-/m0/s1. The Hall–Kier alpha value is -2.69. The van der Waals surface area contributed by atoms with Crippen molar-refractivity contribution in [3.8, 4) is 5.75 Å². The van der Waals surface area contributed by atoms with Gasteiger partial charge in [-0.25, -0.2) is 4.79 Å². The van der Waals surface area contributed by atoms with Crippen LogP contribution in [-0.4, -0.2) is 48.6 Å². The Morgan fingerprint density at radius 2 is 2.03 bits per heavy atom. The molecule has 8 nitrogen and oxygen atoms in total. The number of unbranched alkanes of at least 4 members (excludes halogenated alkanes) is 1. The Morgan fingerprint density at radius 3 is 2.70 bits per heavy atom. The van der Waals surface area contributed by atoms with Gasteiger partial charge in [0.05, 0.1) is 5.94 Å². The van der Waals surface area contributed by atoms with Crippen LogP contribution in [0.4, 0.5) is 8.78 Å². The van der Waals surface area contributed by atoms with Gasteiger partial charge in [0.15, 0.2) is 0 Å². The highest BCUT2D eigenvalue weighted by Gasteiger charge is 2.43. The van der Waals surface area contributed by atoms with E-state index in [2.05, 4.69) is 5.32 Å². The molecule has 1 aliphatic heterocycles. The van der Waals surface area contributed by atoms with Crippen LogP contribution in [0.3, 0.4) is 0 Å². The molecule has 0 bridgehead atoms. The van der Waals surface area contributed by atoms with Crippen LogP contribution >= 0.6 is 0 Å². The summed E-state index contributed by atoms with van der Waals surface area (Å²) in [5, 5.41) is 12.2. The summed E-state index contributed by atoms with van der Waals surface area (Å²) in [5.74, 6) is -7.52. The monoisotopic (exact) mass is 427 g/mol. The van der Waals surface area contributed by atoms with E-state index in [1.807, 2.05) is 6.92 Å². The number of benzene rings is 1. The molecule has 30 heavy (non-hydrogen) atoms. The molecule has 1 atom stereocenters. The molecule has 0 unspecified atom stereocenters. The Morgan fingerprint density at radius 1 is 1.30 bits per heavy atom. The van der Waals surface area contributed by atoms with E-state index in [1.54, 1.807) is 6.07 Å². The van der Waals surface area contributed by atoms with Crippen LogP contribution in [0.15, 0.2) is 18.2 Å². The third kappa shape index (κ3) is 5.91. The summed E-state index contributed by atoms with van der Waals surface area (Å²) in [6.07, 6.45) is 0.983. The Balaban J connectivity index is 2.03. The van der Waals surface area contributed by atoms with Crippen molar-refractivity contribution in [2.24, 2.45) is 0 Å². The molecular formula is C19H24BF2NO7. The van der Waals surface area contributed by atoms with Crippen molar-refractivity contribution >= 4 is 25.0 Å². The summed E-state index contributed by atoms with van der Waals surface area (Å²) < 4.78 is 42.1. The van der Waals surface area contributed by atoms with Gasteiger partial charge in [-0.15, -0.1) is 0 Å². The van der Waals surface area contributed by atoms with Gasteiger partial charge in [0.2, 0.25) is 6.79 Å². The van der Waals surface area contributed by atoms with Gasteiger partial charge >= 0.3 is 25.0 Å². The molecule has 164 valence electrons. The Labute approximate surface area is 173 Å². The number of fused-ring (bicyclic) bond motifs is 1. The normalized spacial score (nSPS) is 15.6. The molecule has 0 fully saturated rings. The van der Waals surface area contributed by atoms with Gasteiger partial charge in [0.25, 0.3) is 5.91 Å². The fourth-order valence-electron chi connectivity index (χ4n) is 2.76. The maximum Gasteiger partial charge on any atom is 0.547 e. The Bertz CT molecular complexity index is 790. The average molecular weight is 427 g/mol. The van der Waals surface area contributed by atoms with Gasteiger partial charge in [-0.05, 0) is 24.5 Å². The average Bonchev–Trinajstić information content (AvgIpc) is 2.72. The van der Waals surface area contributed by atoms with Gasteiger partial charge in [-0.2, -0.15) is 8.78 Å². The first-order chi connectivity index (χ1) is 14.2. The molecule has 1 amide bonds. The summed E-state index contributed by atoms with van der Waals surface area (Å²) in [4.78, 5) is 35.4. The van der Waals surface area contributed by atoms with Crippen molar-refractivity contribution in [1.82, 2.24) is 5.32 Å². The molecule has 2 N–H and O–H groups in total. The second kappa shape index (κ2) is 10.4. The van der Waals surface area contributed by atoms with Crippen LogP contribution in [0, 0.1) is 0 Å². The summed E-state index contributed by atoms with van der Waals surface area (Å²) in [5.41, 5.74) is 0.389. The summed E-state index contributed by atoms with van der Waals surface area (Å²) in [6.45, 7) is 2.52. The first-order valence-corrected chi connectivity index (χ1v) is 9.67. The van der Waals surface area contributed by atoms with Crippen LogP contribution in [-0.2, 0) is 25.5 Å². The Kier molecular flexibility index (Phi) is 8.16. The molecule has 0 spiro atoms. The highest BCUT2D eigenvalue weighted by Crippen LogP contribution is 2.31. The van der Waals surface area contributed by atoms with Gasteiger partial charge in [-0.3, -0.25) is 9.59 Å². The highest BCUT2D eigenvalue weighted by atomic mass is 19.3. The lowest BCUT2D eigenvalue weighted by molar-refractivity contribution is -0.152. The highest BCUT2D eigenvalue weighted by molar-refractivity contribution is 6.47. The minimum atomic E-state index is -3.57. The van der Waals surface area contributed by atoms with E-state index in [9.17, 15) is 28.2 Å². The van der Waals surface area contributed by atoms with Gasteiger partial charge in [-0.1, -0.05) is 32.4 Å². The molecule has 0 radical (unpaired) electrons. The quantitative estimate of drug-likeness (QED) is 0.352. The third-order valence-electron chi connectivity index (χ3n) is 4.58. The lowest BCUT2D eigenvalue weighted by Gasteiger charge is -2.30. The number of carbonyl (C=O) groups is 3. The molecule has 0 saturated heterocycles. The van der Waals surface area contributed by atoms with Gasteiger partial charge < -0.3 is 24.5 Å². The number of halogens is 2. The fourth-order valence-corrected chi connectivity index (χ4v) is 2.76. The lowest BCUT2D eigenvalue weighted by Crippen LogP contribution is -2.56. The molecule has 0 aliphatic carbocycles. The predicted molar refractivity (Wildman–Crippen MR) is 102 cm³/mol. The van der Waals surface area contributed by atoms with Crippen LogP contribution < -0.4 is 9.97 Å². The number of hydrogen-bond acceptors (Lipinski definition) is 7. The second-order valence-electron chi connectivity index (χ2n) is 6.81. The zero-order valence-electron chi connectivity index (χ0n) is 16.8. The van der Waals surface area contributed by atoms with E-state index in [1.165, 1.54) is 19.1 Å². The van der Waals surface area contributed by atoms with E-state index >= 15 is 0 Å². The van der Waals surface area contributed by atoms with E-state index in [0.717, 1.165) is 6.42 Å². The molecule has 1 aromatic rings. The van der Waals surface area contributed by atoms with Crippen molar-refractivity contribution < 1.29 is 42.3 Å². The zero-order valence-corrected chi connectivity index (χ0v) is 16.8. The van der Waals surface area contributed by atoms with Crippen molar-refractivity contribution in [2.45, 2.75) is 57.8 Å². The number of esters is 2. The van der Waals surface area contributed by atoms with Crippen molar-refractivity contribution in [3.05, 3.63) is 29.3 Å². The summed E-state index contributed by atoms with van der Waals surface area (Å²) in [7, 11) is -1.64. The third-order valence-corrected chi connectivity index (χ3v) is 4.58. The number of ether oxygens (including phenoxy) is 2. The molecule has 1 aromatic carbocycles. The molecule has 0 saturated carbocycles. The number of hydrogen-bond donors (Lipinski definition) is 2. The van der Waals surface area contributed by atoms with Crippen molar-refractivity contribution in [1.29, 1.82) is 0 Å². The van der Waals surface area contributed by atoms with Crippen LogP contribution in [0.2, 0.25) is 0 Å². The SMILES string of the molecule is CCCCC(=O)OCOC(=O)c1cccc2c1OB(O)[C@@H](NC(=O)C(F)(F)CC)C2. The number of rotatable bonds is 9. The molecule has 0 aromatic heterocycles. The number of amides is 1. The van der Waals surface area contributed by atoms with Crippen LogP contribution in [0.1, 0.15) is 55.5 Å². The van der Waals surface area contributed by atoms with Crippen LogP contribution in [0.5, 0.6) is 5.75 Å². The molecular weight excluding hydrogens is 403 g/mol. The second-order valence-corrected chi connectivity index (χ2v) is 6.81. The molecule has 1 heterocycles. The molecule has 1 aliphatic rings. The van der Waals surface area contributed by atoms with Crippen molar-refractivity contribution in [3.63, 3.8) is 0 Å². The maximum atomic E-state index is 13.5. The summed E-state index contributed by atoms with van der Waals surface area (Å²) >= 11 is 0. The van der Waals surface area contributed by atoms with Crippen LogP contribution in [0.25, 0.3) is 0 Å². The predicted octanol–water partition coefficient (Wildman–Crippen LogP) is 2.02. The maximum absolute atomic E-state index is 13.5. The van der Waals surface area contributed by atoms with E-state index in [0.29, 0.717) is 12.0 Å². The topological polar surface area (TPSA) is 111 Å². The number of carbonyl (C=O) groups excluding carboxylic acids is 3. The minimum absolute atomic E-state index is 0.0139. The van der Waals surface area contributed by atoms with E-state index < -0.39 is 50.0 Å². The number of alkyl halides is 2. The zero-order chi connectivity index (χ0) is 22.3. The van der Waals surface area contributed by atoms with Crippen molar-refractivity contribution in [2.75, 3.05) is 6.79 Å².